The van der Waals surface area contributed by atoms with Crippen LogP contribution in [-0.4, -0.2) is 22.4 Å². The van der Waals surface area contributed by atoms with E-state index >= 15 is 0 Å². The molecule has 6 nitrogen and oxygen atoms in total. The van der Waals surface area contributed by atoms with E-state index < -0.39 is 12.6 Å². The van der Waals surface area contributed by atoms with Gasteiger partial charge in [-0.2, -0.15) is 5.10 Å². The van der Waals surface area contributed by atoms with Gasteiger partial charge in [-0.15, -0.1) is 0 Å². The molecule has 0 spiro atoms. The van der Waals surface area contributed by atoms with E-state index in [1.54, 1.807) is 0 Å². The molecule has 6 heteroatoms. The normalized spacial score (nSPS) is 10.7. The highest BCUT2D eigenvalue weighted by atomic mass is 16.5. The number of carboxylic acid groups (broad SMARTS) is 1. The Labute approximate surface area is 152 Å². The van der Waals surface area contributed by atoms with Crippen molar-refractivity contribution in [2.75, 3.05) is 11.9 Å². The highest BCUT2D eigenvalue weighted by Crippen LogP contribution is 2.23. The number of aromatic nitrogens is 2. The number of rotatable bonds is 7. The van der Waals surface area contributed by atoms with Gasteiger partial charge in [0.05, 0.1) is 24.9 Å². The second-order valence-corrected chi connectivity index (χ2v) is 6.06. The molecule has 0 saturated heterocycles. The summed E-state index contributed by atoms with van der Waals surface area (Å²) < 4.78 is 6.96. The first-order chi connectivity index (χ1) is 12.5. The van der Waals surface area contributed by atoms with Gasteiger partial charge in [-0.1, -0.05) is 18.2 Å². The van der Waals surface area contributed by atoms with Crippen molar-refractivity contribution < 1.29 is 14.6 Å². The first-order valence-corrected chi connectivity index (χ1v) is 8.29. The Hall–Kier alpha value is -3.12. The van der Waals surface area contributed by atoms with E-state index in [0.717, 1.165) is 33.9 Å². The number of aryl methyl sites for hydroxylation is 2. The number of ether oxygens (including phenoxy) is 1. The number of carboxylic acids is 1. The molecule has 0 unspecified atom stereocenters. The number of nitrogens with zero attached hydrogens (tertiary/aromatic N) is 2. The van der Waals surface area contributed by atoms with Gasteiger partial charge in [0.15, 0.2) is 5.82 Å². The lowest BCUT2D eigenvalue weighted by atomic mass is 10.0. The van der Waals surface area contributed by atoms with Gasteiger partial charge < -0.3 is 20.0 Å². The van der Waals surface area contributed by atoms with Crippen molar-refractivity contribution in [3.63, 3.8) is 0 Å². The quantitative estimate of drug-likeness (QED) is 0.708. The van der Waals surface area contributed by atoms with E-state index in [4.69, 9.17) is 4.74 Å². The van der Waals surface area contributed by atoms with Crippen molar-refractivity contribution in [2.24, 2.45) is 0 Å². The summed E-state index contributed by atoms with van der Waals surface area (Å²) >= 11 is 0. The SMILES string of the molecule is Cc1cc(Nc2ccn(-c3ccccc3)n2)cc(C)c1COCC(=O)[O-]. The third-order valence-corrected chi connectivity index (χ3v) is 4.04. The Morgan fingerprint density at radius 1 is 1.15 bits per heavy atom. The Morgan fingerprint density at radius 3 is 2.50 bits per heavy atom. The zero-order chi connectivity index (χ0) is 18.5. The molecule has 0 fully saturated rings. The summed E-state index contributed by atoms with van der Waals surface area (Å²) in [5.74, 6) is -0.471. The van der Waals surface area contributed by atoms with Crippen LogP contribution in [0.15, 0.2) is 54.7 Å². The van der Waals surface area contributed by atoms with Crippen LogP contribution in [0, 0.1) is 13.8 Å². The van der Waals surface area contributed by atoms with E-state index in [2.05, 4.69) is 10.4 Å². The summed E-state index contributed by atoms with van der Waals surface area (Å²) in [7, 11) is 0. The van der Waals surface area contributed by atoms with Gasteiger partial charge >= 0.3 is 0 Å². The molecule has 3 rings (SSSR count). The molecule has 0 saturated carbocycles. The van der Waals surface area contributed by atoms with E-state index in [1.807, 2.05) is 73.3 Å². The zero-order valence-electron chi connectivity index (χ0n) is 14.7. The lowest BCUT2D eigenvalue weighted by Crippen LogP contribution is -2.27. The van der Waals surface area contributed by atoms with E-state index in [9.17, 15) is 9.90 Å². The molecule has 26 heavy (non-hydrogen) atoms. The number of carbonyl (C=O) groups is 1. The molecular formula is C20H20N3O3-. The maximum atomic E-state index is 10.5. The van der Waals surface area contributed by atoms with Gasteiger partial charge in [0, 0.05) is 18.0 Å². The molecule has 1 heterocycles. The van der Waals surface area contributed by atoms with E-state index in [1.165, 1.54) is 0 Å². The van der Waals surface area contributed by atoms with Gasteiger partial charge in [0.2, 0.25) is 0 Å². The predicted octanol–water partition coefficient (Wildman–Crippen LogP) is 2.50. The molecule has 134 valence electrons. The molecule has 0 bridgehead atoms. The maximum absolute atomic E-state index is 10.5. The number of nitrogens with one attached hydrogen (secondary N) is 1. The highest BCUT2D eigenvalue weighted by Gasteiger charge is 2.07. The summed E-state index contributed by atoms with van der Waals surface area (Å²) in [6.07, 6.45) is 1.90. The van der Waals surface area contributed by atoms with Crippen molar-refractivity contribution >= 4 is 17.5 Å². The van der Waals surface area contributed by atoms with Crippen molar-refractivity contribution in [3.05, 3.63) is 71.4 Å². The molecule has 3 aromatic rings. The monoisotopic (exact) mass is 350 g/mol. The van der Waals surface area contributed by atoms with E-state index in [-0.39, 0.29) is 6.61 Å². The summed E-state index contributed by atoms with van der Waals surface area (Å²) in [5.41, 5.74) is 4.93. The smallest absolute Gasteiger partial charge is 0.152 e. The maximum Gasteiger partial charge on any atom is 0.152 e. The Morgan fingerprint density at radius 2 is 1.85 bits per heavy atom. The molecule has 2 aromatic carbocycles. The molecule has 1 aromatic heterocycles. The van der Waals surface area contributed by atoms with Crippen LogP contribution in [0.1, 0.15) is 16.7 Å². The number of carbonyl (C=O) groups excluding carboxylic acids is 1. The number of aliphatic carboxylic acids is 1. The second-order valence-electron chi connectivity index (χ2n) is 6.06. The summed E-state index contributed by atoms with van der Waals surface area (Å²) in [6, 6.07) is 15.8. The minimum atomic E-state index is -1.22. The molecule has 0 amide bonds. The second kappa shape index (κ2) is 7.84. The predicted molar refractivity (Wildman–Crippen MR) is 97.4 cm³/mol. The Bertz CT molecular complexity index is 881. The fourth-order valence-corrected chi connectivity index (χ4v) is 2.79. The molecule has 0 radical (unpaired) electrons. The van der Waals surface area contributed by atoms with Crippen LogP contribution in [0.5, 0.6) is 0 Å². The van der Waals surface area contributed by atoms with Gasteiger partial charge in [-0.25, -0.2) is 4.68 Å². The first kappa shape index (κ1) is 17.7. The fraction of sp³-hybridized carbons (Fsp3) is 0.200. The van der Waals surface area contributed by atoms with Crippen LogP contribution in [0.25, 0.3) is 5.69 Å². The third-order valence-electron chi connectivity index (χ3n) is 4.04. The molecule has 0 atom stereocenters. The molecule has 0 aliphatic heterocycles. The Balaban J connectivity index is 1.72. The third kappa shape index (κ3) is 4.29. The molecular weight excluding hydrogens is 330 g/mol. The Kier molecular flexibility index (Phi) is 5.34. The standard InChI is InChI=1S/C20H21N3O3/c1-14-10-16(11-15(2)18(14)12-26-13-20(24)25)21-19-8-9-23(22-19)17-6-4-3-5-7-17/h3-11H,12-13H2,1-2H3,(H,21,22)(H,24,25)/p-1. The van der Waals surface area contributed by atoms with Gasteiger partial charge in [0.25, 0.3) is 0 Å². The molecule has 1 N–H and O–H groups in total. The van der Waals surface area contributed by atoms with Crippen molar-refractivity contribution in [3.8, 4) is 5.69 Å². The number of anilines is 2. The topological polar surface area (TPSA) is 79.2 Å². The van der Waals surface area contributed by atoms with Crippen molar-refractivity contribution in [1.29, 1.82) is 0 Å². The van der Waals surface area contributed by atoms with Crippen LogP contribution in [0.2, 0.25) is 0 Å². The number of hydrogen-bond acceptors (Lipinski definition) is 5. The summed E-state index contributed by atoms with van der Waals surface area (Å²) in [5, 5.41) is 18.3. The average Bonchev–Trinajstić information content (AvgIpc) is 3.06. The van der Waals surface area contributed by atoms with Crippen LogP contribution >= 0.6 is 0 Å². The van der Waals surface area contributed by atoms with Crippen LogP contribution < -0.4 is 10.4 Å². The number of para-hydroxylation sites is 1. The van der Waals surface area contributed by atoms with Gasteiger partial charge in [-0.3, -0.25) is 0 Å². The number of hydrogen-bond donors (Lipinski definition) is 1. The van der Waals surface area contributed by atoms with E-state index in [0.29, 0.717) is 0 Å². The average molecular weight is 350 g/mol. The lowest BCUT2D eigenvalue weighted by Gasteiger charge is -2.14. The lowest BCUT2D eigenvalue weighted by molar-refractivity contribution is -0.309. The van der Waals surface area contributed by atoms with Crippen molar-refractivity contribution in [1.82, 2.24) is 9.78 Å². The largest absolute Gasteiger partial charge is 0.548 e. The summed E-state index contributed by atoms with van der Waals surface area (Å²) in [6.45, 7) is 3.78. The van der Waals surface area contributed by atoms with Gasteiger partial charge in [-0.05, 0) is 54.8 Å². The fourth-order valence-electron chi connectivity index (χ4n) is 2.79. The minimum absolute atomic E-state index is 0.245. The van der Waals surface area contributed by atoms with Gasteiger partial charge in [0.1, 0.15) is 0 Å². The molecule has 0 aliphatic carbocycles. The molecule has 0 aliphatic rings. The van der Waals surface area contributed by atoms with Crippen LogP contribution in [-0.2, 0) is 16.1 Å². The minimum Gasteiger partial charge on any atom is -0.548 e. The first-order valence-electron chi connectivity index (χ1n) is 8.29. The number of benzene rings is 2. The zero-order valence-corrected chi connectivity index (χ0v) is 14.7. The van der Waals surface area contributed by atoms with Crippen molar-refractivity contribution in [2.45, 2.75) is 20.5 Å². The van der Waals surface area contributed by atoms with Crippen LogP contribution in [0.4, 0.5) is 11.5 Å². The van der Waals surface area contributed by atoms with Crippen LogP contribution in [0.3, 0.4) is 0 Å². The summed E-state index contributed by atoms with van der Waals surface area (Å²) in [4.78, 5) is 10.5. The highest BCUT2D eigenvalue weighted by molar-refractivity contribution is 5.65.